The Morgan fingerprint density at radius 1 is 1.00 bits per heavy atom. The zero-order valence-corrected chi connectivity index (χ0v) is 16.4. The molecule has 0 unspecified atom stereocenters. The number of anilines is 2. The van der Waals surface area contributed by atoms with Crippen LogP contribution in [-0.4, -0.2) is 21.4 Å². The molecule has 0 saturated heterocycles. The van der Waals surface area contributed by atoms with Crippen molar-refractivity contribution in [1.82, 2.24) is 0 Å². The van der Waals surface area contributed by atoms with Crippen molar-refractivity contribution in [3.05, 3.63) is 58.7 Å². The Morgan fingerprint density at radius 3 is 2.31 bits per heavy atom. The number of fused-ring (bicyclic) bond motifs is 1. The zero-order chi connectivity index (χ0) is 19.2. The van der Waals surface area contributed by atoms with E-state index in [0.29, 0.717) is 16.8 Å². The van der Waals surface area contributed by atoms with Gasteiger partial charge in [0.25, 0.3) is 15.9 Å². The molecule has 0 radical (unpaired) electrons. The Kier molecular flexibility index (Phi) is 4.40. The average molecular weight is 370 g/mol. The molecule has 1 aliphatic rings. The highest BCUT2D eigenvalue weighted by atomic mass is 32.2. The van der Waals surface area contributed by atoms with Crippen molar-refractivity contribution in [1.29, 1.82) is 0 Å². The summed E-state index contributed by atoms with van der Waals surface area (Å²) in [4.78, 5) is 14.1. The third-order valence-electron chi connectivity index (χ3n) is 4.69. The van der Waals surface area contributed by atoms with Gasteiger partial charge in [-0.2, -0.15) is 0 Å². The lowest BCUT2D eigenvalue weighted by Gasteiger charge is -2.12. The Morgan fingerprint density at radius 2 is 1.69 bits per heavy atom. The first-order chi connectivity index (χ1) is 12.1. The van der Waals surface area contributed by atoms with Crippen molar-refractivity contribution in [3.63, 3.8) is 0 Å². The maximum Gasteiger partial charge on any atom is 0.261 e. The SMILES string of the molecule is CC(C)=C1C(=O)N(C)c2ccc(S(=O)(=O)Nc3ccc(C)c(C)c3)cc21. The minimum atomic E-state index is -3.75. The monoisotopic (exact) mass is 370 g/mol. The van der Waals surface area contributed by atoms with Gasteiger partial charge in [-0.25, -0.2) is 8.42 Å². The van der Waals surface area contributed by atoms with Crippen molar-refractivity contribution in [2.45, 2.75) is 32.6 Å². The minimum Gasteiger partial charge on any atom is -0.311 e. The predicted molar refractivity (Wildman–Crippen MR) is 105 cm³/mol. The number of rotatable bonds is 3. The van der Waals surface area contributed by atoms with Gasteiger partial charge < -0.3 is 4.90 Å². The molecule has 0 bridgehead atoms. The van der Waals surface area contributed by atoms with Crippen LogP contribution in [0.3, 0.4) is 0 Å². The zero-order valence-electron chi connectivity index (χ0n) is 15.5. The fraction of sp³-hybridized carbons (Fsp3) is 0.250. The van der Waals surface area contributed by atoms with Crippen LogP contribution >= 0.6 is 0 Å². The highest BCUT2D eigenvalue weighted by Gasteiger charge is 2.32. The number of aryl methyl sites for hydroxylation is 2. The average Bonchev–Trinajstić information content (AvgIpc) is 2.81. The lowest BCUT2D eigenvalue weighted by molar-refractivity contribution is -0.112. The third-order valence-corrected chi connectivity index (χ3v) is 6.07. The first-order valence-electron chi connectivity index (χ1n) is 8.32. The molecule has 0 spiro atoms. The van der Waals surface area contributed by atoms with Gasteiger partial charge in [-0.15, -0.1) is 0 Å². The van der Waals surface area contributed by atoms with Crippen LogP contribution in [0.5, 0.6) is 0 Å². The smallest absolute Gasteiger partial charge is 0.261 e. The molecule has 2 aromatic carbocycles. The van der Waals surface area contributed by atoms with Crippen LogP contribution in [-0.2, 0) is 14.8 Å². The second kappa shape index (κ2) is 6.29. The number of likely N-dealkylation sites (N-methyl/N-ethyl adjacent to an activating group) is 1. The number of carbonyl (C=O) groups excluding carboxylic acids is 1. The highest BCUT2D eigenvalue weighted by Crippen LogP contribution is 2.38. The number of amides is 1. The van der Waals surface area contributed by atoms with Crippen molar-refractivity contribution in [2.75, 3.05) is 16.7 Å². The van der Waals surface area contributed by atoms with Crippen LogP contribution in [0.1, 0.15) is 30.5 Å². The van der Waals surface area contributed by atoms with Gasteiger partial charge in [0, 0.05) is 23.9 Å². The number of sulfonamides is 1. The van der Waals surface area contributed by atoms with Gasteiger partial charge in [0.2, 0.25) is 0 Å². The Labute approximate surface area is 154 Å². The maximum absolute atomic E-state index is 12.8. The number of allylic oxidation sites excluding steroid dienone is 1. The summed E-state index contributed by atoms with van der Waals surface area (Å²) < 4.78 is 28.2. The molecule has 0 saturated carbocycles. The van der Waals surface area contributed by atoms with Crippen LogP contribution in [0.2, 0.25) is 0 Å². The molecule has 0 fully saturated rings. The molecule has 5 nitrogen and oxygen atoms in total. The molecule has 136 valence electrons. The Hall–Kier alpha value is -2.60. The van der Waals surface area contributed by atoms with E-state index in [-0.39, 0.29) is 10.8 Å². The molecule has 1 N–H and O–H groups in total. The fourth-order valence-corrected chi connectivity index (χ4v) is 4.14. The highest BCUT2D eigenvalue weighted by molar-refractivity contribution is 7.92. The largest absolute Gasteiger partial charge is 0.311 e. The van der Waals surface area contributed by atoms with Gasteiger partial charge >= 0.3 is 0 Å². The molecule has 1 amide bonds. The van der Waals surface area contributed by atoms with E-state index >= 15 is 0 Å². The van der Waals surface area contributed by atoms with E-state index in [2.05, 4.69) is 4.72 Å². The van der Waals surface area contributed by atoms with Crippen molar-refractivity contribution >= 4 is 32.9 Å². The van der Waals surface area contributed by atoms with E-state index in [0.717, 1.165) is 22.4 Å². The second-order valence-corrected chi connectivity index (χ2v) is 8.51. The summed E-state index contributed by atoms with van der Waals surface area (Å²) in [6.07, 6.45) is 0. The minimum absolute atomic E-state index is 0.114. The molecule has 0 atom stereocenters. The van der Waals surface area contributed by atoms with Crippen LogP contribution in [0.25, 0.3) is 5.57 Å². The number of nitrogens with one attached hydrogen (secondary N) is 1. The Balaban J connectivity index is 2.04. The van der Waals surface area contributed by atoms with E-state index in [1.54, 1.807) is 36.2 Å². The maximum atomic E-state index is 12.8. The van der Waals surface area contributed by atoms with Gasteiger partial charge in [-0.05, 0) is 69.2 Å². The van der Waals surface area contributed by atoms with Gasteiger partial charge in [0.15, 0.2) is 0 Å². The molecule has 1 aliphatic heterocycles. The number of carbonyl (C=O) groups is 1. The molecule has 0 aromatic heterocycles. The summed E-state index contributed by atoms with van der Waals surface area (Å²) in [5.74, 6) is -0.114. The van der Waals surface area contributed by atoms with E-state index in [9.17, 15) is 13.2 Å². The Bertz CT molecular complexity index is 1050. The van der Waals surface area contributed by atoms with Gasteiger partial charge in [-0.3, -0.25) is 9.52 Å². The first-order valence-corrected chi connectivity index (χ1v) is 9.80. The number of hydrogen-bond donors (Lipinski definition) is 1. The summed E-state index contributed by atoms with van der Waals surface area (Å²) >= 11 is 0. The van der Waals surface area contributed by atoms with E-state index in [4.69, 9.17) is 0 Å². The van der Waals surface area contributed by atoms with E-state index in [1.165, 1.54) is 6.07 Å². The summed E-state index contributed by atoms with van der Waals surface area (Å²) in [6.45, 7) is 7.61. The molecule has 3 rings (SSSR count). The van der Waals surface area contributed by atoms with E-state index < -0.39 is 10.0 Å². The van der Waals surface area contributed by atoms with Crippen LogP contribution < -0.4 is 9.62 Å². The lowest BCUT2D eigenvalue weighted by atomic mass is 10.0. The summed E-state index contributed by atoms with van der Waals surface area (Å²) in [5, 5.41) is 0. The van der Waals surface area contributed by atoms with E-state index in [1.807, 2.05) is 33.8 Å². The molecule has 1 heterocycles. The molecule has 26 heavy (non-hydrogen) atoms. The quantitative estimate of drug-likeness (QED) is 0.834. The number of nitrogens with zero attached hydrogens (tertiary/aromatic N) is 1. The molecular formula is C20H22N2O3S. The normalized spacial score (nSPS) is 13.8. The lowest BCUT2D eigenvalue weighted by Crippen LogP contribution is -2.20. The second-order valence-electron chi connectivity index (χ2n) is 6.82. The molecule has 0 aliphatic carbocycles. The van der Waals surface area contributed by atoms with Gasteiger partial charge in [-0.1, -0.05) is 11.6 Å². The van der Waals surface area contributed by atoms with Gasteiger partial charge in [0.05, 0.1) is 10.6 Å². The fourth-order valence-electron chi connectivity index (χ4n) is 3.07. The van der Waals surface area contributed by atoms with Crippen molar-refractivity contribution in [3.8, 4) is 0 Å². The standard InChI is InChI=1S/C20H22N2O3S/c1-12(2)19-17-11-16(8-9-18(17)22(5)20(19)23)26(24,25)21-15-7-6-13(3)14(4)10-15/h6-11,21H,1-5H3. The van der Waals surface area contributed by atoms with Crippen LogP contribution in [0.15, 0.2) is 46.9 Å². The summed E-state index contributed by atoms with van der Waals surface area (Å²) in [6, 6.07) is 10.2. The number of benzene rings is 2. The first kappa shape index (κ1) is 18.2. The van der Waals surface area contributed by atoms with Crippen LogP contribution in [0.4, 0.5) is 11.4 Å². The van der Waals surface area contributed by atoms with Gasteiger partial charge in [0.1, 0.15) is 0 Å². The summed E-state index contributed by atoms with van der Waals surface area (Å²) in [5.41, 5.74) is 5.42. The van der Waals surface area contributed by atoms with Crippen LogP contribution in [0, 0.1) is 13.8 Å². The topological polar surface area (TPSA) is 66.5 Å². The van der Waals surface area contributed by atoms with Crippen molar-refractivity contribution in [2.24, 2.45) is 0 Å². The molecule has 2 aromatic rings. The summed E-state index contributed by atoms with van der Waals surface area (Å²) in [7, 11) is -2.06. The molecule has 6 heteroatoms. The number of hydrogen-bond acceptors (Lipinski definition) is 3. The van der Waals surface area contributed by atoms with Crippen molar-refractivity contribution < 1.29 is 13.2 Å². The predicted octanol–water partition coefficient (Wildman–Crippen LogP) is 3.87. The molecular weight excluding hydrogens is 348 g/mol. The third kappa shape index (κ3) is 3.01.